The van der Waals surface area contributed by atoms with Crippen LogP contribution < -0.4 is 15.4 Å². The number of piperidine rings is 1. The Labute approximate surface area is 173 Å². The number of benzene rings is 1. The number of amides is 1. The zero-order chi connectivity index (χ0) is 19.3. The first kappa shape index (κ1) is 22.2. The largest absolute Gasteiger partial charge is 0.489 e. The third-order valence-corrected chi connectivity index (χ3v) is 4.98. The standard InChI is InChI=1S/C21H30N4O2.ClH/c1-16(2)14-27-18-13-25(17-7-5-4-6-8-17)24-19(18)20(26)23-15-21(3)9-11-22-12-10-21;/h4-8,13,16,22H,9-12,14-15H2,1-3H3,(H,23,26);1H. The Kier molecular flexibility index (Phi) is 7.89. The van der Waals surface area contributed by atoms with Gasteiger partial charge in [0.2, 0.25) is 0 Å². The summed E-state index contributed by atoms with van der Waals surface area (Å²) < 4.78 is 7.59. The Hall–Kier alpha value is -2.05. The fourth-order valence-corrected chi connectivity index (χ4v) is 3.17. The van der Waals surface area contributed by atoms with E-state index in [1.54, 1.807) is 10.9 Å². The van der Waals surface area contributed by atoms with Crippen molar-refractivity contribution in [1.82, 2.24) is 20.4 Å². The summed E-state index contributed by atoms with van der Waals surface area (Å²) in [5, 5.41) is 11.0. The predicted octanol–water partition coefficient (Wildman–Crippen LogP) is 3.45. The van der Waals surface area contributed by atoms with Crippen LogP contribution in [0.15, 0.2) is 36.5 Å². The summed E-state index contributed by atoms with van der Waals surface area (Å²) in [5.41, 5.74) is 1.37. The van der Waals surface area contributed by atoms with Gasteiger partial charge in [-0.25, -0.2) is 4.68 Å². The number of ether oxygens (including phenoxy) is 1. The molecule has 2 heterocycles. The summed E-state index contributed by atoms with van der Waals surface area (Å²) in [5.74, 6) is 0.721. The van der Waals surface area contributed by atoms with E-state index < -0.39 is 0 Å². The van der Waals surface area contributed by atoms with Gasteiger partial charge in [-0.2, -0.15) is 5.10 Å². The van der Waals surface area contributed by atoms with Gasteiger partial charge in [0.05, 0.1) is 18.5 Å². The summed E-state index contributed by atoms with van der Waals surface area (Å²) >= 11 is 0. The highest BCUT2D eigenvalue weighted by molar-refractivity contribution is 5.95. The lowest BCUT2D eigenvalue weighted by Crippen LogP contribution is -2.43. The number of rotatable bonds is 7. The van der Waals surface area contributed by atoms with Crippen molar-refractivity contribution in [2.45, 2.75) is 33.6 Å². The van der Waals surface area contributed by atoms with Crippen LogP contribution in [0, 0.1) is 11.3 Å². The van der Waals surface area contributed by atoms with Crippen molar-refractivity contribution in [2.24, 2.45) is 11.3 Å². The molecule has 0 spiro atoms. The average Bonchev–Trinajstić information content (AvgIpc) is 3.10. The maximum Gasteiger partial charge on any atom is 0.275 e. The molecule has 2 N–H and O–H groups in total. The summed E-state index contributed by atoms with van der Waals surface area (Å²) in [6.07, 6.45) is 3.91. The molecule has 3 rings (SSSR count). The Morgan fingerprint density at radius 2 is 1.96 bits per heavy atom. The SMILES string of the molecule is CC(C)COc1cn(-c2ccccc2)nc1C(=O)NCC1(C)CCNCC1.Cl. The molecule has 0 bridgehead atoms. The second kappa shape index (κ2) is 9.94. The van der Waals surface area contributed by atoms with Crippen LogP contribution in [0.5, 0.6) is 5.75 Å². The molecule has 1 aromatic heterocycles. The molecular weight excluding hydrogens is 376 g/mol. The number of carbonyl (C=O) groups excluding carboxylic acids is 1. The second-order valence-corrected chi connectivity index (χ2v) is 8.07. The first-order chi connectivity index (χ1) is 13.0. The summed E-state index contributed by atoms with van der Waals surface area (Å²) in [6, 6.07) is 9.76. The quantitative estimate of drug-likeness (QED) is 0.739. The van der Waals surface area contributed by atoms with Gasteiger partial charge in [0, 0.05) is 6.54 Å². The van der Waals surface area contributed by atoms with E-state index in [0.717, 1.165) is 31.6 Å². The van der Waals surface area contributed by atoms with E-state index >= 15 is 0 Å². The Morgan fingerprint density at radius 1 is 1.29 bits per heavy atom. The van der Waals surface area contributed by atoms with Gasteiger partial charge >= 0.3 is 0 Å². The molecule has 1 aliphatic rings. The van der Waals surface area contributed by atoms with E-state index in [1.165, 1.54) is 0 Å². The highest BCUT2D eigenvalue weighted by Crippen LogP contribution is 2.27. The molecule has 1 aliphatic heterocycles. The lowest BCUT2D eigenvalue weighted by Gasteiger charge is -2.34. The fourth-order valence-electron chi connectivity index (χ4n) is 3.17. The number of nitrogens with one attached hydrogen (secondary N) is 2. The van der Waals surface area contributed by atoms with Crippen LogP contribution in [0.2, 0.25) is 0 Å². The van der Waals surface area contributed by atoms with Crippen LogP contribution in [-0.2, 0) is 0 Å². The van der Waals surface area contributed by atoms with Gasteiger partial charge in [-0.1, -0.05) is 39.0 Å². The molecule has 6 nitrogen and oxygen atoms in total. The molecule has 1 saturated heterocycles. The van der Waals surface area contributed by atoms with Crippen LogP contribution in [0.4, 0.5) is 0 Å². The number of hydrogen-bond donors (Lipinski definition) is 2. The Morgan fingerprint density at radius 3 is 2.61 bits per heavy atom. The number of nitrogens with zero attached hydrogens (tertiary/aromatic N) is 2. The first-order valence-corrected chi connectivity index (χ1v) is 9.74. The van der Waals surface area contributed by atoms with Crippen molar-refractivity contribution in [2.75, 3.05) is 26.2 Å². The third-order valence-electron chi connectivity index (χ3n) is 4.98. The van der Waals surface area contributed by atoms with Crippen LogP contribution >= 0.6 is 12.4 Å². The van der Waals surface area contributed by atoms with Gasteiger partial charge in [-0.3, -0.25) is 4.79 Å². The molecule has 0 aliphatic carbocycles. The fraction of sp³-hybridized carbons (Fsp3) is 0.524. The maximum atomic E-state index is 12.9. The van der Waals surface area contributed by atoms with Gasteiger partial charge in [0.25, 0.3) is 5.91 Å². The molecule has 1 amide bonds. The maximum absolute atomic E-state index is 12.9. The lowest BCUT2D eigenvalue weighted by atomic mass is 9.81. The van der Waals surface area contributed by atoms with Crippen molar-refractivity contribution in [3.8, 4) is 11.4 Å². The van der Waals surface area contributed by atoms with Crippen molar-refractivity contribution >= 4 is 18.3 Å². The third kappa shape index (κ3) is 5.72. The van der Waals surface area contributed by atoms with E-state index in [2.05, 4.69) is 36.5 Å². The number of para-hydroxylation sites is 1. The predicted molar refractivity (Wildman–Crippen MR) is 114 cm³/mol. The molecule has 0 atom stereocenters. The molecule has 1 fully saturated rings. The van der Waals surface area contributed by atoms with Crippen LogP contribution in [0.1, 0.15) is 44.1 Å². The molecule has 0 unspecified atom stereocenters. The van der Waals surface area contributed by atoms with Crippen molar-refractivity contribution in [3.05, 3.63) is 42.2 Å². The van der Waals surface area contributed by atoms with Crippen LogP contribution in [-0.4, -0.2) is 41.9 Å². The zero-order valence-electron chi connectivity index (χ0n) is 16.9. The van der Waals surface area contributed by atoms with Gasteiger partial charge < -0.3 is 15.4 Å². The molecule has 1 aromatic carbocycles. The summed E-state index contributed by atoms with van der Waals surface area (Å²) in [6.45, 7) is 9.58. The molecule has 154 valence electrons. The van der Waals surface area contributed by atoms with E-state index in [0.29, 0.717) is 30.5 Å². The van der Waals surface area contributed by atoms with Gasteiger partial charge in [-0.05, 0) is 49.4 Å². The van der Waals surface area contributed by atoms with Gasteiger partial charge in [-0.15, -0.1) is 12.4 Å². The number of aromatic nitrogens is 2. The summed E-state index contributed by atoms with van der Waals surface area (Å²) in [4.78, 5) is 12.9. The molecule has 7 heteroatoms. The minimum Gasteiger partial charge on any atom is -0.489 e. The summed E-state index contributed by atoms with van der Waals surface area (Å²) in [7, 11) is 0. The number of halogens is 1. The highest BCUT2D eigenvalue weighted by Gasteiger charge is 2.28. The Balaban J connectivity index is 0.00000280. The molecule has 28 heavy (non-hydrogen) atoms. The minimum atomic E-state index is -0.178. The molecule has 0 saturated carbocycles. The van der Waals surface area contributed by atoms with E-state index in [-0.39, 0.29) is 23.7 Å². The second-order valence-electron chi connectivity index (χ2n) is 8.07. The van der Waals surface area contributed by atoms with Crippen molar-refractivity contribution < 1.29 is 9.53 Å². The van der Waals surface area contributed by atoms with Crippen LogP contribution in [0.3, 0.4) is 0 Å². The van der Waals surface area contributed by atoms with Crippen molar-refractivity contribution in [1.29, 1.82) is 0 Å². The van der Waals surface area contributed by atoms with Gasteiger partial charge in [0.15, 0.2) is 11.4 Å². The minimum absolute atomic E-state index is 0. The molecule has 0 radical (unpaired) electrons. The Bertz CT molecular complexity index is 755. The monoisotopic (exact) mass is 406 g/mol. The molecular formula is C21H31ClN4O2. The van der Waals surface area contributed by atoms with E-state index in [1.807, 2.05) is 30.3 Å². The smallest absolute Gasteiger partial charge is 0.275 e. The zero-order valence-corrected chi connectivity index (χ0v) is 17.7. The van der Waals surface area contributed by atoms with E-state index in [9.17, 15) is 4.79 Å². The normalized spacial score (nSPS) is 15.7. The first-order valence-electron chi connectivity index (χ1n) is 9.74. The van der Waals surface area contributed by atoms with Gasteiger partial charge in [0.1, 0.15) is 0 Å². The topological polar surface area (TPSA) is 68.2 Å². The van der Waals surface area contributed by atoms with Crippen molar-refractivity contribution in [3.63, 3.8) is 0 Å². The lowest BCUT2D eigenvalue weighted by molar-refractivity contribution is 0.0912. The van der Waals surface area contributed by atoms with Crippen LogP contribution in [0.25, 0.3) is 5.69 Å². The number of hydrogen-bond acceptors (Lipinski definition) is 4. The number of carbonyl (C=O) groups is 1. The van der Waals surface area contributed by atoms with E-state index in [4.69, 9.17) is 4.74 Å². The molecule has 2 aromatic rings. The highest BCUT2D eigenvalue weighted by atomic mass is 35.5. The average molecular weight is 407 g/mol.